The Morgan fingerprint density at radius 2 is 0.588 bits per heavy atom. The van der Waals surface area contributed by atoms with Gasteiger partial charge in [0.2, 0.25) is 0 Å². The van der Waals surface area contributed by atoms with E-state index in [9.17, 15) is 0 Å². The van der Waals surface area contributed by atoms with Crippen molar-refractivity contribution >= 4 is 0 Å². The van der Waals surface area contributed by atoms with Crippen LogP contribution in [-0.2, 0) is 44.3 Å². The molecule has 1 aromatic carbocycles. The molecule has 0 aromatic heterocycles. The van der Waals surface area contributed by atoms with Crippen LogP contribution in [-0.4, -0.2) is 112 Å². The maximum atomic E-state index is 5.78. The van der Waals surface area contributed by atoms with Crippen molar-refractivity contribution in [2.75, 3.05) is 112 Å². The van der Waals surface area contributed by atoms with E-state index in [0.717, 1.165) is 25.2 Å². The number of hydrogen-bond donors (Lipinski definition) is 0. The third-order valence-electron chi connectivity index (χ3n) is 8.49. The molecule has 0 spiro atoms. The smallest absolute Gasteiger partial charge is 0.119 e. The molecule has 0 saturated heterocycles. The van der Waals surface area contributed by atoms with E-state index in [1.807, 2.05) is 0 Å². The molecule has 0 heterocycles. The topological polar surface area (TPSA) is 83.1 Å². The highest BCUT2D eigenvalue weighted by Gasteiger charge is 1.99. The van der Waals surface area contributed by atoms with Gasteiger partial charge in [0.1, 0.15) is 12.4 Å². The monoisotopic (exact) mass is 727 g/mol. The van der Waals surface area contributed by atoms with Crippen LogP contribution in [0, 0.1) is 0 Å². The van der Waals surface area contributed by atoms with Crippen molar-refractivity contribution < 1.29 is 42.6 Å². The van der Waals surface area contributed by atoms with E-state index in [2.05, 4.69) is 38.1 Å². The van der Waals surface area contributed by atoms with Crippen molar-refractivity contribution in [3.8, 4) is 5.75 Å². The highest BCUT2D eigenvalue weighted by atomic mass is 16.6. The van der Waals surface area contributed by atoms with Crippen molar-refractivity contribution in [3.05, 3.63) is 29.8 Å². The lowest BCUT2D eigenvalue weighted by Gasteiger charge is -2.09. The first-order chi connectivity index (χ1) is 25.4. The van der Waals surface area contributed by atoms with Crippen LogP contribution in [0.15, 0.2) is 24.3 Å². The summed E-state index contributed by atoms with van der Waals surface area (Å²) in [5, 5.41) is 0. The lowest BCUT2D eigenvalue weighted by atomic mass is 10.0. The standard InChI is InChI=1S/C42H78O9/c1-3-5-7-9-11-12-13-14-16-18-24-43-25-26-44-27-28-45-29-30-46-31-32-47-33-34-48-35-36-49-37-38-50-39-40-51-42-22-20-41(21-23-42)19-17-15-10-8-6-4-2/h20-23H,3-19,24-40H2,1-2H3. The lowest BCUT2D eigenvalue weighted by molar-refractivity contribution is -0.0236. The molecule has 0 aliphatic carbocycles. The summed E-state index contributed by atoms with van der Waals surface area (Å²) < 4.78 is 50.3. The summed E-state index contributed by atoms with van der Waals surface area (Å²) in [4.78, 5) is 0. The fourth-order valence-electron chi connectivity index (χ4n) is 5.41. The SMILES string of the molecule is CCCCCCCCCCCCOCCOCCOCCOCCOCCOCCOCCOCCOc1ccc(CCCCCCCC)cc1. The van der Waals surface area contributed by atoms with Gasteiger partial charge < -0.3 is 42.6 Å². The van der Waals surface area contributed by atoms with Crippen LogP contribution >= 0.6 is 0 Å². The van der Waals surface area contributed by atoms with Crippen LogP contribution in [0.1, 0.15) is 122 Å². The van der Waals surface area contributed by atoms with Crippen LogP contribution in [0.25, 0.3) is 0 Å². The molecular formula is C42H78O9. The van der Waals surface area contributed by atoms with Crippen molar-refractivity contribution in [1.29, 1.82) is 0 Å². The van der Waals surface area contributed by atoms with Crippen molar-refractivity contribution in [2.24, 2.45) is 0 Å². The second kappa shape index (κ2) is 41.5. The molecule has 0 unspecified atom stereocenters. The van der Waals surface area contributed by atoms with Crippen LogP contribution < -0.4 is 4.74 Å². The predicted octanol–water partition coefficient (Wildman–Crippen LogP) is 9.02. The van der Waals surface area contributed by atoms with Crippen LogP contribution in [0.3, 0.4) is 0 Å². The maximum Gasteiger partial charge on any atom is 0.119 e. The van der Waals surface area contributed by atoms with Gasteiger partial charge in [-0.25, -0.2) is 0 Å². The van der Waals surface area contributed by atoms with E-state index in [0.29, 0.717) is 106 Å². The average Bonchev–Trinajstić information content (AvgIpc) is 3.15. The zero-order valence-electron chi connectivity index (χ0n) is 33.0. The minimum Gasteiger partial charge on any atom is -0.491 e. The molecule has 0 aliphatic heterocycles. The average molecular weight is 727 g/mol. The number of rotatable bonds is 43. The molecule has 0 amide bonds. The van der Waals surface area contributed by atoms with Gasteiger partial charge >= 0.3 is 0 Å². The first-order valence-electron chi connectivity index (χ1n) is 20.7. The molecule has 1 aromatic rings. The Hall–Kier alpha value is -1.30. The molecule has 1 rings (SSSR count). The van der Waals surface area contributed by atoms with E-state index in [1.165, 1.54) is 102 Å². The van der Waals surface area contributed by atoms with Crippen molar-refractivity contribution in [2.45, 2.75) is 123 Å². The zero-order valence-corrected chi connectivity index (χ0v) is 33.0. The normalized spacial score (nSPS) is 11.5. The Kier molecular flexibility index (Phi) is 38.8. The maximum absolute atomic E-state index is 5.78. The molecule has 0 N–H and O–H groups in total. The molecule has 0 atom stereocenters. The molecule has 51 heavy (non-hydrogen) atoms. The van der Waals surface area contributed by atoms with Gasteiger partial charge in [-0.15, -0.1) is 0 Å². The molecule has 0 bridgehead atoms. The van der Waals surface area contributed by atoms with Gasteiger partial charge in [-0.05, 0) is 37.0 Å². The summed E-state index contributed by atoms with van der Waals surface area (Å²) >= 11 is 0. The zero-order chi connectivity index (χ0) is 36.4. The molecule has 9 nitrogen and oxygen atoms in total. The predicted molar refractivity (Wildman–Crippen MR) is 207 cm³/mol. The second-order valence-electron chi connectivity index (χ2n) is 13.1. The fraction of sp³-hybridized carbons (Fsp3) is 0.857. The third kappa shape index (κ3) is 36.8. The molecule has 0 fully saturated rings. The Labute approximate surface area is 313 Å². The molecular weight excluding hydrogens is 648 g/mol. The minimum absolute atomic E-state index is 0.532. The number of unbranched alkanes of at least 4 members (excludes halogenated alkanes) is 14. The second-order valence-corrected chi connectivity index (χ2v) is 13.1. The highest BCUT2D eigenvalue weighted by molar-refractivity contribution is 5.27. The summed E-state index contributed by atoms with van der Waals surface area (Å²) in [5.41, 5.74) is 1.38. The summed E-state index contributed by atoms with van der Waals surface area (Å²) in [6.07, 6.45) is 22.6. The summed E-state index contributed by atoms with van der Waals surface area (Å²) in [6.45, 7) is 14.2. The largest absolute Gasteiger partial charge is 0.491 e. The van der Waals surface area contributed by atoms with Gasteiger partial charge in [-0.3, -0.25) is 0 Å². The third-order valence-corrected chi connectivity index (χ3v) is 8.49. The summed E-state index contributed by atoms with van der Waals surface area (Å²) in [7, 11) is 0. The Morgan fingerprint density at radius 1 is 0.294 bits per heavy atom. The fourth-order valence-corrected chi connectivity index (χ4v) is 5.41. The van der Waals surface area contributed by atoms with E-state index in [-0.39, 0.29) is 0 Å². The van der Waals surface area contributed by atoms with Crippen molar-refractivity contribution in [3.63, 3.8) is 0 Å². The summed E-state index contributed by atoms with van der Waals surface area (Å²) in [6, 6.07) is 8.46. The Morgan fingerprint density at radius 3 is 0.961 bits per heavy atom. The number of hydrogen-bond acceptors (Lipinski definition) is 9. The van der Waals surface area contributed by atoms with Crippen LogP contribution in [0.4, 0.5) is 0 Å². The van der Waals surface area contributed by atoms with E-state index < -0.39 is 0 Å². The van der Waals surface area contributed by atoms with Crippen LogP contribution in [0.2, 0.25) is 0 Å². The van der Waals surface area contributed by atoms with Gasteiger partial charge in [-0.2, -0.15) is 0 Å². The number of ether oxygens (including phenoxy) is 9. The van der Waals surface area contributed by atoms with Crippen molar-refractivity contribution in [1.82, 2.24) is 0 Å². The van der Waals surface area contributed by atoms with Crippen LogP contribution in [0.5, 0.6) is 5.75 Å². The first kappa shape index (κ1) is 47.7. The number of aryl methyl sites for hydroxylation is 1. The highest BCUT2D eigenvalue weighted by Crippen LogP contribution is 2.15. The minimum atomic E-state index is 0.532. The van der Waals surface area contributed by atoms with E-state index in [1.54, 1.807) is 0 Å². The Bertz CT molecular complexity index is 780. The Balaban J connectivity index is 1.68. The van der Waals surface area contributed by atoms with Gasteiger partial charge in [-0.1, -0.05) is 116 Å². The molecule has 0 saturated carbocycles. The molecule has 9 heteroatoms. The van der Waals surface area contributed by atoms with Gasteiger partial charge in [0.15, 0.2) is 0 Å². The summed E-state index contributed by atoms with van der Waals surface area (Å²) in [5.74, 6) is 0.892. The quantitative estimate of drug-likeness (QED) is 0.0613. The number of benzene rings is 1. The van der Waals surface area contributed by atoms with Gasteiger partial charge in [0, 0.05) is 6.61 Å². The molecule has 0 aliphatic rings. The van der Waals surface area contributed by atoms with E-state index >= 15 is 0 Å². The van der Waals surface area contributed by atoms with E-state index in [4.69, 9.17) is 42.6 Å². The molecule has 300 valence electrons. The molecule has 0 radical (unpaired) electrons. The lowest BCUT2D eigenvalue weighted by Crippen LogP contribution is -2.15. The van der Waals surface area contributed by atoms with Gasteiger partial charge in [0.25, 0.3) is 0 Å². The van der Waals surface area contributed by atoms with Gasteiger partial charge in [0.05, 0.1) is 99.1 Å². The first-order valence-corrected chi connectivity index (χ1v) is 20.7.